The number of amides is 1. The van der Waals surface area contributed by atoms with Gasteiger partial charge in [-0.1, -0.05) is 0 Å². The van der Waals surface area contributed by atoms with Crippen molar-refractivity contribution in [2.75, 3.05) is 10.5 Å². The van der Waals surface area contributed by atoms with E-state index in [0.29, 0.717) is 0 Å². The lowest BCUT2D eigenvalue weighted by molar-refractivity contribution is 0.121. The van der Waals surface area contributed by atoms with Crippen LogP contribution in [0.25, 0.3) is 0 Å². The fraction of sp³-hybridized carbons (Fsp3) is 0.429. The number of nitrogens with zero attached hydrogens (tertiary/aromatic N) is 1. The number of nitrogens with two attached hydrogens (primary N) is 1. The minimum absolute atomic E-state index is 0.0325. The first-order valence-corrected chi connectivity index (χ1v) is 6.08. The Labute approximate surface area is 97.9 Å². The summed E-state index contributed by atoms with van der Waals surface area (Å²) in [6, 6.07) is 0. The Morgan fingerprint density at radius 2 is 2.24 bits per heavy atom. The van der Waals surface area contributed by atoms with Crippen molar-refractivity contribution in [2.24, 2.45) is 0 Å². The maximum Gasteiger partial charge on any atom is 0.422 e. The van der Waals surface area contributed by atoms with Crippen molar-refractivity contribution in [3.63, 3.8) is 0 Å². The predicted molar refractivity (Wildman–Crippen MR) is 60.3 cm³/mol. The van der Waals surface area contributed by atoms with E-state index in [4.69, 9.17) is 5.73 Å². The van der Waals surface area contributed by atoms with Gasteiger partial charge in [-0.3, -0.25) is 5.10 Å². The highest BCUT2D eigenvalue weighted by Crippen LogP contribution is 2.13. The molecule has 1 aromatic rings. The molecule has 96 valence electrons. The molecule has 0 unspecified atom stereocenters. The van der Waals surface area contributed by atoms with E-state index in [9.17, 15) is 13.2 Å². The van der Waals surface area contributed by atoms with Gasteiger partial charge in [0.25, 0.3) is 0 Å². The topological polar surface area (TPSA) is 139 Å². The predicted octanol–water partition coefficient (Wildman–Crippen LogP) is -0.217. The third kappa shape index (κ3) is 4.18. The second-order valence-corrected chi connectivity index (χ2v) is 4.78. The summed E-state index contributed by atoms with van der Waals surface area (Å²) in [6.45, 7) is 3.18. The molecule has 0 aliphatic carbocycles. The number of nitrogen functional groups attached to an aromatic ring is 1. The first-order valence-electron chi connectivity index (χ1n) is 4.60. The number of rotatable bonds is 4. The molecule has 0 bridgehead atoms. The van der Waals surface area contributed by atoms with Gasteiger partial charge in [0.05, 0.1) is 18.0 Å². The summed E-state index contributed by atoms with van der Waals surface area (Å²) in [7, 11) is -4.10. The molecule has 0 aliphatic heterocycles. The van der Waals surface area contributed by atoms with Crippen LogP contribution in [0.1, 0.15) is 13.8 Å². The number of aromatic amines is 1. The van der Waals surface area contributed by atoms with Crippen LogP contribution >= 0.6 is 0 Å². The largest absolute Gasteiger partial charge is 0.446 e. The van der Waals surface area contributed by atoms with Gasteiger partial charge < -0.3 is 10.5 Å². The van der Waals surface area contributed by atoms with Crippen molar-refractivity contribution in [3.8, 4) is 0 Å². The molecule has 1 aromatic heterocycles. The van der Waals surface area contributed by atoms with E-state index in [0.717, 1.165) is 0 Å². The second-order valence-electron chi connectivity index (χ2n) is 3.36. The summed E-state index contributed by atoms with van der Waals surface area (Å²) < 4.78 is 31.1. The van der Waals surface area contributed by atoms with E-state index in [1.54, 1.807) is 18.6 Å². The molecule has 1 rings (SSSR count). The quantitative estimate of drug-likeness (QED) is 0.592. The van der Waals surface area contributed by atoms with Crippen molar-refractivity contribution in [1.82, 2.24) is 14.9 Å². The van der Waals surface area contributed by atoms with Crippen LogP contribution in [-0.4, -0.2) is 30.8 Å². The first kappa shape index (κ1) is 13.1. The van der Waals surface area contributed by atoms with Crippen molar-refractivity contribution in [2.45, 2.75) is 20.0 Å². The summed E-state index contributed by atoms with van der Waals surface area (Å²) in [5.74, 6) is -0.0325. The summed E-state index contributed by atoms with van der Waals surface area (Å²) >= 11 is 0. The summed E-state index contributed by atoms with van der Waals surface area (Å²) in [5.41, 5.74) is 5.50. The second kappa shape index (κ2) is 4.91. The fourth-order valence-corrected chi connectivity index (χ4v) is 1.64. The van der Waals surface area contributed by atoms with Gasteiger partial charge in [0.2, 0.25) is 0 Å². The number of hydrogen-bond acceptors (Lipinski definition) is 6. The van der Waals surface area contributed by atoms with Gasteiger partial charge in [-0.05, 0) is 13.8 Å². The van der Waals surface area contributed by atoms with Crippen molar-refractivity contribution in [1.29, 1.82) is 0 Å². The van der Waals surface area contributed by atoms with Gasteiger partial charge in [-0.25, -0.2) is 14.2 Å². The van der Waals surface area contributed by atoms with Gasteiger partial charge in [-0.15, -0.1) is 0 Å². The molecule has 9 nitrogen and oxygen atoms in total. The summed E-state index contributed by atoms with van der Waals surface area (Å²) in [5, 5.41) is 5.83. The molecule has 0 spiro atoms. The van der Waals surface area contributed by atoms with Crippen molar-refractivity contribution < 1.29 is 17.9 Å². The zero-order valence-electron chi connectivity index (χ0n) is 9.22. The highest BCUT2D eigenvalue weighted by atomic mass is 32.2. The molecule has 0 aromatic carbocycles. The van der Waals surface area contributed by atoms with Crippen LogP contribution in [-0.2, 0) is 14.9 Å². The number of H-pyrrole nitrogens is 1. The molecular formula is C7H13N5O4S. The first-order chi connectivity index (χ1) is 7.80. The lowest BCUT2D eigenvalue weighted by Gasteiger charge is -2.10. The van der Waals surface area contributed by atoms with E-state index in [1.165, 1.54) is 6.20 Å². The molecule has 5 N–H and O–H groups in total. The van der Waals surface area contributed by atoms with E-state index >= 15 is 0 Å². The molecular weight excluding hydrogens is 250 g/mol. The van der Waals surface area contributed by atoms with E-state index < -0.39 is 22.4 Å². The molecule has 0 radical (unpaired) electrons. The SMILES string of the molecule is CC(C)OC(=O)NS(=O)(=O)Nc1[nH]ncc1N. The van der Waals surface area contributed by atoms with E-state index in [-0.39, 0.29) is 11.5 Å². The number of hydrogen-bond donors (Lipinski definition) is 4. The molecule has 0 aliphatic rings. The minimum atomic E-state index is -4.10. The standard InChI is InChI=1S/C7H13N5O4S/c1-4(2)16-7(13)12-17(14,15)11-6-5(8)3-9-10-6/h3-4H,8H2,1-2H3,(H,12,13)(H2,9,10,11). The monoisotopic (exact) mass is 263 g/mol. The number of anilines is 2. The van der Waals surface area contributed by atoms with Gasteiger partial charge >= 0.3 is 16.3 Å². The zero-order valence-corrected chi connectivity index (χ0v) is 10.0. The molecule has 1 amide bonds. The number of carbonyl (C=O) groups excluding carboxylic acids is 1. The van der Waals surface area contributed by atoms with E-state index in [1.807, 2.05) is 4.72 Å². The maximum atomic E-state index is 11.4. The smallest absolute Gasteiger partial charge is 0.422 e. The lowest BCUT2D eigenvalue weighted by atomic mass is 10.5. The van der Waals surface area contributed by atoms with Crippen LogP contribution in [0.15, 0.2) is 6.20 Å². The van der Waals surface area contributed by atoms with Crippen LogP contribution in [0.3, 0.4) is 0 Å². The highest BCUT2D eigenvalue weighted by Gasteiger charge is 2.18. The molecule has 1 heterocycles. The zero-order chi connectivity index (χ0) is 13.1. The lowest BCUT2D eigenvalue weighted by Crippen LogP contribution is -2.37. The highest BCUT2D eigenvalue weighted by molar-refractivity contribution is 7.91. The summed E-state index contributed by atoms with van der Waals surface area (Å²) in [6.07, 6.45) is -0.280. The van der Waals surface area contributed by atoms with Gasteiger partial charge in [0.1, 0.15) is 0 Å². The van der Waals surface area contributed by atoms with Crippen molar-refractivity contribution in [3.05, 3.63) is 6.20 Å². The molecule has 0 fully saturated rings. The van der Waals surface area contributed by atoms with Crippen LogP contribution in [0.5, 0.6) is 0 Å². The number of aromatic nitrogens is 2. The maximum absolute atomic E-state index is 11.4. The average molecular weight is 263 g/mol. The van der Waals surface area contributed by atoms with Crippen LogP contribution < -0.4 is 15.2 Å². The average Bonchev–Trinajstić information content (AvgIpc) is 2.47. The third-order valence-corrected chi connectivity index (χ3v) is 2.37. The minimum Gasteiger partial charge on any atom is -0.446 e. The molecule has 10 heteroatoms. The Morgan fingerprint density at radius 1 is 1.59 bits per heavy atom. The normalized spacial score (nSPS) is 11.2. The van der Waals surface area contributed by atoms with Crippen molar-refractivity contribution >= 4 is 27.8 Å². The van der Waals surface area contributed by atoms with Crippen LogP contribution in [0.2, 0.25) is 0 Å². The Morgan fingerprint density at radius 3 is 2.71 bits per heavy atom. The number of ether oxygens (including phenoxy) is 1. The van der Waals surface area contributed by atoms with Gasteiger partial charge in [0, 0.05) is 0 Å². The van der Waals surface area contributed by atoms with Gasteiger partial charge in [-0.2, -0.15) is 13.5 Å². The third-order valence-electron chi connectivity index (χ3n) is 1.47. The van der Waals surface area contributed by atoms with Gasteiger partial charge in [0.15, 0.2) is 5.82 Å². The molecule has 17 heavy (non-hydrogen) atoms. The molecule has 0 atom stereocenters. The fourth-order valence-electron chi connectivity index (χ4n) is 0.885. The number of carbonyl (C=O) groups is 1. The molecule has 0 saturated heterocycles. The van der Waals surface area contributed by atoms with Crippen LogP contribution in [0.4, 0.5) is 16.3 Å². The Bertz CT molecular complexity index is 494. The van der Waals surface area contributed by atoms with Crippen LogP contribution in [0, 0.1) is 0 Å². The summed E-state index contributed by atoms with van der Waals surface area (Å²) in [4.78, 5) is 11.1. The Balaban J connectivity index is 2.64. The Hall–Kier alpha value is -1.97. The van der Waals surface area contributed by atoms with E-state index in [2.05, 4.69) is 14.9 Å². The Kier molecular flexibility index (Phi) is 3.78. The number of nitrogens with one attached hydrogen (secondary N) is 3. The molecule has 0 saturated carbocycles.